The minimum absolute atomic E-state index is 0.193. The maximum Gasteiger partial charge on any atom is 0.325 e. The average Bonchev–Trinajstić information content (AvgIpc) is 2.29. The van der Waals surface area contributed by atoms with Crippen molar-refractivity contribution in [2.75, 3.05) is 18.5 Å². The predicted molar refractivity (Wildman–Crippen MR) is 70.3 cm³/mol. The molecular formula is C14H21NO2. The van der Waals surface area contributed by atoms with Crippen LogP contribution in [0.4, 0.5) is 5.69 Å². The molecule has 0 saturated heterocycles. The number of nitrogens with one attached hydrogen (secondary N) is 1. The van der Waals surface area contributed by atoms with E-state index in [4.69, 9.17) is 4.74 Å². The zero-order valence-corrected chi connectivity index (χ0v) is 10.9. The minimum Gasteiger partial charge on any atom is -0.464 e. The van der Waals surface area contributed by atoms with Crippen LogP contribution in [0.15, 0.2) is 18.2 Å². The number of unbranched alkanes of at least 4 members (excludes halogenated alkanes) is 1. The molecular weight excluding hydrogens is 214 g/mol. The van der Waals surface area contributed by atoms with Gasteiger partial charge in [0.2, 0.25) is 0 Å². The van der Waals surface area contributed by atoms with E-state index in [1.807, 2.05) is 32.0 Å². The van der Waals surface area contributed by atoms with E-state index in [2.05, 4.69) is 12.2 Å². The Kier molecular flexibility index (Phi) is 5.53. The van der Waals surface area contributed by atoms with Gasteiger partial charge in [0.15, 0.2) is 0 Å². The molecule has 1 aromatic rings. The van der Waals surface area contributed by atoms with Gasteiger partial charge in [-0.3, -0.25) is 4.79 Å². The van der Waals surface area contributed by atoms with E-state index >= 15 is 0 Å². The van der Waals surface area contributed by atoms with Crippen molar-refractivity contribution in [3.63, 3.8) is 0 Å². The van der Waals surface area contributed by atoms with E-state index in [0.717, 1.165) is 29.7 Å². The van der Waals surface area contributed by atoms with Gasteiger partial charge in [0, 0.05) is 5.69 Å². The lowest BCUT2D eigenvalue weighted by Gasteiger charge is -2.12. The third-order valence-electron chi connectivity index (χ3n) is 2.65. The van der Waals surface area contributed by atoms with Crippen molar-refractivity contribution in [2.45, 2.75) is 33.6 Å². The van der Waals surface area contributed by atoms with Crippen LogP contribution in [0.3, 0.4) is 0 Å². The molecule has 0 amide bonds. The Bertz CT molecular complexity index is 354. The van der Waals surface area contributed by atoms with Crippen LogP contribution in [0, 0.1) is 13.8 Å². The second kappa shape index (κ2) is 6.94. The number of aryl methyl sites for hydroxylation is 2. The Morgan fingerprint density at radius 2 is 1.94 bits per heavy atom. The molecule has 0 bridgehead atoms. The van der Waals surface area contributed by atoms with Crippen LogP contribution < -0.4 is 5.32 Å². The van der Waals surface area contributed by atoms with Gasteiger partial charge in [-0.1, -0.05) is 31.5 Å². The van der Waals surface area contributed by atoms with Crippen molar-refractivity contribution < 1.29 is 9.53 Å². The largest absolute Gasteiger partial charge is 0.464 e. The van der Waals surface area contributed by atoms with E-state index in [9.17, 15) is 4.79 Å². The van der Waals surface area contributed by atoms with Crippen LogP contribution in [0.25, 0.3) is 0 Å². The van der Waals surface area contributed by atoms with Crippen molar-refractivity contribution in [1.29, 1.82) is 0 Å². The van der Waals surface area contributed by atoms with Crippen LogP contribution >= 0.6 is 0 Å². The van der Waals surface area contributed by atoms with E-state index in [-0.39, 0.29) is 12.5 Å². The third kappa shape index (κ3) is 4.47. The van der Waals surface area contributed by atoms with E-state index in [1.165, 1.54) is 0 Å². The molecule has 1 aromatic carbocycles. The molecule has 3 heteroatoms. The Morgan fingerprint density at radius 1 is 1.29 bits per heavy atom. The number of carbonyl (C=O) groups is 1. The smallest absolute Gasteiger partial charge is 0.325 e. The fourth-order valence-electron chi connectivity index (χ4n) is 1.64. The van der Waals surface area contributed by atoms with Crippen LogP contribution in [0.1, 0.15) is 30.9 Å². The van der Waals surface area contributed by atoms with Gasteiger partial charge in [0.05, 0.1) is 6.61 Å². The second-order valence-electron chi connectivity index (χ2n) is 4.19. The first kappa shape index (κ1) is 13.6. The van der Waals surface area contributed by atoms with Crippen molar-refractivity contribution in [3.05, 3.63) is 29.3 Å². The van der Waals surface area contributed by atoms with Gasteiger partial charge in [0.1, 0.15) is 6.54 Å². The number of benzene rings is 1. The Labute approximate surface area is 103 Å². The average molecular weight is 235 g/mol. The quantitative estimate of drug-likeness (QED) is 0.608. The maximum atomic E-state index is 11.4. The topological polar surface area (TPSA) is 38.3 Å². The van der Waals surface area contributed by atoms with Gasteiger partial charge in [-0.05, 0) is 31.4 Å². The lowest BCUT2D eigenvalue weighted by Crippen LogP contribution is -2.18. The van der Waals surface area contributed by atoms with Crippen LogP contribution in [0.2, 0.25) is 0 Å². The summed E-state index contributed by atoms with van der Waals surface area (Å²) in [6.07, 6.45) is 1.97. The number of ether oxygens (including phenoxy) is 1. The summed E-state index contributed by atoms with van der Waals surface area (Å²) in [5, 5.41) is 3.13. The summed E-state index contributed by atoms with van der Waals surface area (Å²) in [5.74, 6) is -0.193. The summed E-state index contributed by atoms with van der Waals surface area (Å²) >= 11 is 0. The first-order valence-electron chi connectivity index (χ1n) is 6.11. The summed E-state index contributed by atoms with van der Waals surface area (Å²) in [6, 6.07) is 6.06. The van der Waals surface area contributed by atoms with Crippen molar-refractivity contribution in [1.82, 2.24) is 0 Å². The predicted octanol–water partition coefficient (Wildman–Crippen LogP) is 3.06. The lowest BCUT2D eigenvalue weighted by molar-refractivity contribution is -0.141. The fraction of sp³-hybridized carbons (Fsp3) is 0.500. The number of hydrogen-bond donors (Lipinski definition) is 1. The molecule has 0 saturated carbocycles. The molecule has 0 aliphatic rings. The summed E-state index contributed by atoms with van der Waals surface area (Å²) in [7, 11) is 0. The van der Waals surface area contributed by atoms with Gasteiger partial charge in [0.25, 0.3) is 0 Å². The summed E-state index contributed by atoms with van der Waals surface area (Å²) in [5.41, 5.74) is 3.32. The number of rotatable bonds is 6. The fourth-order valence-corrected chi connectivity index (χ4v) is 1.64. The summed E-state index contributed by atoms with van der Waals surface area (Å²) < 4.78 is 5.08. The Hall–Kier alpha value is -1.51. The first-order chi connectivity index (χ1) is 8.15. The molecule has 3 nitrogen and oxygen atoms in total. The third-order valence-corrected chi connectivity index (χ3v) is 2.65. The monoisotopic (exact) mass is 235 g/mol. The summed E-state index contributed by atoms with van der Waals surface area (Å²) in [4.78, 5) is 11.4. The molecule has 0 aliphatic carbocycles. The van der Waals surface area contributed by atoms with Crippen LogP contribution in [0.5, 0.6) is 0 Å². The van der Waals surface area contributed by atoms with Gasteiger partial charge in [-0.15, -0.1) is 0 Å². The molecule has 0 unspecified atom stereocenters. The maximum absolute atomic E-state index is 11.4. The normalized spacial score (nSPS) is 10.1. The molecule has 0 fully saturated rings. The highest BCUT2D eigenvalue weighted by Gasteiger charge is 2.05. The van der Waals surface area contributed by atoms with E-state index in [1.54, 1.807) is 0 Å². The van der Waals surface area contributed by atoms with Crippen molar-refractivity contribution >= 4 is 11.7 Å². The van der Waals surface area contributed by atoms with Crippen molar-refractivity contribution in [3.8, 4) is 0 Å². The van der Waals surface area contributed by atoms with Crippen LogP contribution in [-0.4, -0.2) is 19.1 Å². The van der Waals surface area contributed by atoms with Gasteiger partial charge in [-0.25, -0.2) is 0 Å². The Balaban J connectivity index is 2.42. The zero-order valence-electron chi connectivity index (χ0n) is 10.9. The van der Waals surface area contributed by atoms with E-state index in [0.29, 0.717) is 6.61 Å². The highest BCUT2D eigenvalue weighted by Crippen LogP contribution is 2.18. The number of hydrogen-bond acceptors (Lipinski definition) is 3. The molecule has 0 atom stereocenters. The molecule has 0 heterocycles. The molecule has 0 spiro atoms. The standard InChI is InChI=1S/C14H21NO2/c1-4-5-9-17-13(16)10-15-14-11(2)7-6-8-12(14)3/h6-8,15H,4-5,9-10H2,1-3H3. The molecule has 1 N–H and O–H groups in total. The zero-order chi connectivity index (χ0) is 12.7. The highest BCUT2D eigenvalue weighted by atomic mass is 16.5. The lowest BCUT2D eigenvalue weighted by atomic mass is 10.1. The Morgan fingerprint density at radius 3 is 2.53 bits per heavy atom. The van der Waals surface area contributed by atoms with Crippen LogP contribution in [-0.2, 0) is 9.53 Å². The molecule has 94 valence electrons. The van der Waals surface area contributed by atoms with Gasteiger partial charge < -0.3 is 10.1 Å². The molecule has 0 aliphatic heterocycles. The molecule has 0 aromatic heterocycles. The molecule has 1 rings (SSSR count). The minimum atomic E-state index is -0.193. The number of esters is 1. The first-order valence-corrected chi connectivity index (χ1v) is 6.11. The van der Waals surface area contributed by atoms with Gasteiger partial charge in [-0.2, -0.15) is 0 Å². The van der Waals surface area contributed by atoms with Crippen molar-refractivity contribution in [2.24, 2.45) is 0 Å². The number of anilines is 1. The summed E-state index contributed by atoms with van der Waals surface area (Å²) in [6.45, 7) is 6.87. The SMILES string of the molecule is CCCCOC(=O)CNc1c(C)cccc1C. The number of carbonyl (C=O) groups excluding carboxylic acids is 1. The van der Waals surface area contributed by atoms with E-state index < -0.39 is 0 Å². The highest BCUT2D eigenvalue weighted by molar-refractivity contribution is 5.76. The second-order valence-corrected chi connectivity index (χ2v) is 4.19. The number of para-hydroxylation sites is 1. The molecule has 0 radical (unpaired) electrons. The van der Waals surface area contributed by atoms with Gasteiger partial charge >= 0.3 is 5.97 Å². The molecule has 17 heavy (non-hydrogen) atoms.